The van der Waals surface area contributed by atoms with Crippen LogP contribution in [0.15, 0.2) is 84.4 Å². The molecule has 154 valence electrons. The van der Waals surface area contributed by atoms with Gasteiger partial charge in [0.25, 0.3) is 5.91 Å². The summed E-state index contributed by atoms with van der Waals surface area (Å²) in [6, 6.07) is 23.2. The van der Waals surface area contributed by atoms with Gasteiger partial charge in [-0.3, -0.25) is 9.69 Å². The molecule has 0 aliphatic carbocycles. The Hall–Kier alpha value is -3.99. The lowest BCUT2D eigenvalue weighted by Gasteiger charge is -2.21. The lowest BCUT2D eigenvalue weighted by Crippen LogP contribution is -2.24. The van der Waals surface area contributed by atoms with Crippen molar-refractivity contribution in [1.82, 2.24) is 0 Å². The number of hydrogen-bond acceptors (Lipinski definition) is 4. The maximum Gasteiger partial charge on any atom is 0.262 e. The van der Waals surface area contributed by atoms with Crippen LogP contribution in [0.1, 0.15) is 18.1 Å². The molecule has 0 spiro atoms. The lowest BCUT2D eigenvalue weighted by molar-refractivity contribution is -0.113. The molecular weight excluding hydrogens is 390 g/mol. The van der Waals surface area contributed by atoms with Crippen LogP contribution in [0.4, 0.5) is 5.69 Å². The van der Waals surface area contributed by atoms with E-state index in [1.807, 2.05) is 91.9 Å². The van der Waals surface area contributed by atoms with Gasteiger partial charge in [-0.15, -0.1) is 0 Å². The van der Waals surface area contributed by atoms with E-state index in [1.165, 1.54) is 0 Å². The Morgan fingerprint density at radius 3 is 2.52 bits per heavy atom. The highest BCUT2D eigenvalue weighted by Crippen LogP contribution is 2.40. The van der Waals surface area contributed by atoms with Crippen molar-refractivity contribution >= 4 is 23.4 Å². The third kappa shape index (κ3) is 3.66. The number of fused-ring (bicyclic) bond motifs is 1. The molecule has 0 radical (unpaired) electrons. The van der Waals surface area contributed by atoms with Gasteiger partial charge in [-0.1, -0.05) is 42.5 Å². The topological polar surface area (TPSA) is 48.0 Å². The van der Waals surface area contributed by atoms with Crippen LogP contribution in [0.5, 0.6) is 17.2 Å². The van der Waals surface area contributed by atoms with Crippen molar-refractivity contribution in [1.29, 1.82) is 0 Å². The summed E-state index contributed by atoms with van der Waals surface area (Å²) in [7, 11) is 0. The standard InChI is InChI=1S/C26H21NO4/c1-2-29-22-11-8-18(9-12-22)14-20-15-23(19-6-4-3-5-7-19)27(26(20)28)21-10-13-24-25(16-21)31-17-30-24/h3-16H,2,17H2,1H3/b20-14+. The van der Waals surface area contributed by atoms with Gasteiger partial charge < -0.3 is 14.2 Å². The number of benzene rings is 3. The fourth-order valence-electron chi connectivity index (χ4n) is 3.72. The highest BCUT2D eigenvalue weighted by Gasteiger charge is 2.31. The first-order valence-electron chi connectivity index (χ1n) is 10.2. The summed E-state index contributed by atoms with van der Waals surface area (Å²) < 4.78 is 16.5. The maximum absolute atomic E-state index is 13.5. The van der Waals surface area contributed by atoms with Crippen LogP contribution in [-0.4, -0.2) is 19.3 Å². The number of nitrogens with zero attached hydrogens (tertiary/aromatic N) is 1. The van der Waals surface area contributed by atoms with Crippen LogP contribution in [0, 0.1) is 0 Å². The molecule has 2 aliphatic heterocycles. The average molecular weight is 411 g/mol. The molecule has 0 fully saturated rings. The van der Waals surface area contributed by atoms with E-state index < -0.39 is 0 Å². The van der Waals surface area contributed by atoms with Gasteiger partial charge in [0.2, 0.25) is 6.79 Å². The number of amides is 1. The maximum atomic E-state index is 13.5. The molecule has 0 N–H and O–H groups in total. The summed E-state index contributed by atoms with van der Waals surface area (Å²) >= 11 is 0. The highest BCUT2D eigenvalue weighted by atomic mass is 16.7. The number of anilines is 1. The third-order valence-corrected chi connectivity index (χ3v) is 5.18. The second-order valence-corrected chi connectivity index (χ2v) is 7.18. The van der Waals surface area contributed by atoms with Crippen LogP contribution < -0.4 is 19.1 Å². The van der Waals surface area contributed by atoms with Crippen LogP contribution in [0.25, 0.3) is 11.8 Å². The molecule has 1 amide bonds. The van der Waals surface area contributed by atoms with Crippen LogP contribution in [0.2, 0.25) is 0 Å². The SMILES string of the molecule is CCOc1ccc(/C=C2\C=C(c3ccccc3)N(c3ccc4c(c3)OCO4)C2=O)cc1. The number of rotatable bonds is 5. The van der Waals surface area contributed by atoms with Gasteiger partial charge >= 0.3 is 0 Å². The first-order chi connectivity index (χ1) is 15.2. The number of ether oxygens (including phenoxy) is 3. The summed E-state index contributed by atoms with van der Waals surface area (Å²) in [6.07, 6.45) is 3.83. The van der Waals surface area contributed by atoms with Crippen molar-refractivity contribution in [3.8, 4) is 17.2 Å². The van der Waals surface area contributed by atoms with E-state index >= 15 is 0 Å². The Bertz CT molecular complexity index is 1180. The molecule has 2 heterocycles. The second-order valence-electron chi connectivity index (χ2n) is 7.18. The molecule has 3 aromatic rings. The quantitative estimate of drug-likeness (QED) is 0.536. The van der Waals surface area contributed by atoms with Gasteiger partial charge in [-0.2, -0.15) is 0 Å². The Balaban J connectivity index is 1.55. The minimum Gasteiger partial charge on any atom is -0.494 e. The number of carbonyl (C=O) groups is 1. The minimum atomic E-state index is -0.0911. The fraction of sp³-hybridized carbons (Fsp3) is 0.115. The van der Waals surface area contributed by atoms with Crippen molar-refractivity contribution in [3.05, 3.63) is 95.6 Å². The summed E-state index contributed by atoms with van der Waals surface area (Å²) in [5.74, 6) is 2.05. The monoisotopic (exact) mass is 411 g/mol. The van der Waals surface area contributed by atoms with Gasteiger partial charge in [-0.05, 0) is 54.5 Å². The zero-order valence-electron chi connectivity index (χ0n) is 17.1. The molecule has 0 unspecified atom stereocenters. The van der Waals surface area contributed by atoms with Crippen LogP contribution in [0.3, 0.4) is 0 Å². The molecule has 0 atom stereocenters. The van der Waals surface area contributed by atoms with Crippen LogP contribution >= 0.6 is 0 Å². The number of hydrogen-bond donors (Lipinski definition) is 0. The smallest absolute Gasteiger partial charge is 0.262 e. The van der Waals surface area contributed by atoms with E-state index in [4.69, 9.17) is 14.2 Å². The molecule has 31 heavy (non-hydrogen) atoms. The zero-order chi connectivity index (χ0) is 21.2. The minimum absolute atomic E-state index is 0.0911. The first kappa shape index (κ1) is 19.0. The summed E-state index contributed by atoms with van der Waals surface area (Å²) in [4.78, 5) is 15.2. The molecule has 0 aromatic heterocycles. The van der Waals surface area contributed by atoms with Gasteiger partial charge in [0.05, 0.1) is 18.0 Å². The molecule has 0 saturated carbocycles. The highest BCUT2D eigenvalue weighted by molar-refractivity contribution is 6.23. The van der Waals surface area contributed by atoms with E-state index in [0.717, 1.165) is 28.3 Å². The average Bonchev–Trinajstić information content (AvgIpc) is 3.40. The molecule has 5 heteroatoms. The van der Waals surface area contributed by atoms with E-state index in [0.29, 0.717) is 23.7 Å². The van der Waals surface area contributed by atoms with Crippen molar-refractivity contribution in [2.75, 3.05) is 18.3 Å². The Morgan fingerprint density at radius 1 is 0.968 bits per heavy atom. The van der Waals surface area contributed by atoms with E-state index in [1.54, 1.807) is 4.90 Å². The Kier molecular flexibility index (Phi) is 4.92. The Morgan fingerprint density at radius 2 is 1.74 bits per heavy atom. The molecule has 0 bridgehead atoms. The van der Waals surface area contributed by atoms with Crippen LogP contribution in [-0.2, 0) is 4.79 Å². The summed E-state index contributed by atoms with van der Waals surface area (Å²) in [5.41, 5.74) is 4.06. The normalized spacial score (nSPS) is 16.0. The summed E-state index contributed by atoms with van der Waals surface area (Å²) in [5, 5.41) is 0. The lowest BCUT2D eigenvalue weighted by atomic mass is 10.1. The molecule has 0 saturated heterocycles. The largest absolute Gasteiger partial charge is 0.494 e. The predicted molar refractivity (Wildman–Crippen MR) is 120 cm³/mol. The summed E-state index contributed by atoms with van der Waals surface area (Å²) in [6.45, 7) is 2.76. The van der Waals surface area contributed by atoms with Crippen molar-refractivity contribution in [3.63, 3.8) is 0 Å². The van der Waals surface area contributed by atoms with Crippen molar-refractivity contribution in [2.24, 2.45) is 0 Å². The fourth-order valence-corrected chi connectivity index (χ4v) is 3.72. The van der Waals surface area contributed by atoms with E-state index in [2.05, 4.69) is 0 Å². The van der Waals surface area contributed by atoms with Crippen molar-refractivity contribution in [2.45, 2.75) is 6.92 Å². The zero-order valence-corrected chi connectivity index (χ0v) is 17.1. The molecule has 2 aliphatic rings. The van der Waals surface area contributed by atoms with Gasteiger partial charge in [0.15, 0.2) is 11.5 Å². The third-order valence-electron chi connectivity index (χ3n) is 5.18. The molecule has 5 nitrogen and oxygen atoms in total. The predicted octanol–water partition coefficient (Wildman–Crippen LogP) is 5.29. The van der Waals surface area contributed by atoms with Gasteiger partial charge in [0, 0.05) is 11.6 Å². The molecule has 5 rings (SSSR count). The van der Waals surface area contributed by atoms with Gasteiger partial charge in [-0.25, -0.2) is 0 Å². The second kappa shape index (κ2) is 8.03. The Labute approximate surface area is 180 Å². The number of carbonyl (C=O) groups excluding carboxylic acids is 1. The molecular formula is C26H21NO4. The van der Waals surface area contributed by atoms with Gasteiger partial charge in [0.1, 0.15) is 5.75 Å². The van der Waals surface area contributed by atoms with Crippen molar-refractivity contribution < 1.29 is 19.0 Å². The first-order valence-corrected chi connectivity index (χ1v) is 10.2. The van der Waals surface area contributed by atoms with E-state index in [-0.39, 0.29) is 12.7 Å². The molecule has 3 aromatic carbocycles. The van der Waals surface area contributed by atoms with E-state index in [9.17, 15) is 4.79 Å².